The Labute approximate surface area is 214 Å². The molecule has 2 N–H and O–H groups in total. The normalized spacial score (nSPS) is 14.8. The number of pyridine rings is 1. The Kier molecular flexibility index (Phi) is 9.79. The molecule has 1 atom stereocenters. The summed E-state index contributed by atoms with van der Waals surface area (Å²) in [5.41, 5.74) is 3.03. The molecular formula is C27H34F3N3O4. The summed E-state index contributed by atoms with van der Waals surface area (Å²) in [6.07, 6.45) is -0.362. The first-order chi connectivity index (χ1) is 17.6. The van der Waals surface area contributed by atoms with Crippen LogP contribution >= 0.6 is 0 Å². The van der Waals surface area contributed by atoms with E-state index in [1.165, 1.54) is 25.9 Å². The molecule has 3 aromatic rings. The third-order valence-corrected chi connectivity index (χ3v) is 6.29. The Morgan fingerprint density at radius 2 is 1.81 bits per heavy atom. The number of hydrogen-bond acceptors (Lipinski definition) is 6. The SMILES string of the molecule is CCC(C)Nc1c2ccccc2nc2cc(OCCCN3CCCC3)c(OC)cc12.O=C(O)C(F)(F)F. The molecule has 0 bridgehead atoms. The molecule has 1 aliphatic heterocycles. The van der Waals surface area contributed by atoms with Gasteiger partial charge in [-0.3, -0.25) is 0 Å². The van der Waals surface area contributed by atoms with Gasteiger partial charge in [-0.1, -0.05) is 25.1 Å². The number of anilines is 1. The lowest BCUT2D eigenvalue weighted by Gasteiger charge is -2.19. The number of carboxylic acids is 1. The minimum atomic E-state index is -5.08. The topological polar surface area (TPSA) is 83.9 Å². The second-order valence-corrected chi connectivity index (χ2v) is 9.03. The van der Waals surface area contributed by atoms with Gasteiger partial charge in [0.05, 0.1) is 30.4 Å². The molecule has 1 fully saturated rings. The molecule has 4 rings (SSSR count). The largest absolute Gasteiger partial charge is 0.493 e. The molecule has 0 amide bonds. The molecule has 7 nitrogen and oxygen atoms in total. The quantitative estimate of drug-likeness (QED) is 0.260. The van der Waals surface area contributed by atoms with E-state index in [4.69, 9.17) is 24.4 Å². The Morgan fingerprint density at radius 1 is 1.14 bits per heavy atom. The van der Waals surface area contributed by atoms with E-state index < -0.39 is 12.1 Å². The second-order valence-electron chi connectivity index (χ2n) is 9.03. The third-order valence-electron chi connectivity index (χ3n) is 6.29. The average Bonchev–Trinajstić information content (AvgIpc) is 3.39. The van der Waals surface area contributed by atoms with Crippen molar-refractivity contribution in [2.45, 2.75) is 51.7 Å². The summed E-state index contributed by atoms with van der Waals surface area (Å²) in [4.78, 5) is 16.3. The number of aliphatic carboxylic acids is 1. The number of methoxy groups -OCH3 is 1. The van der Waals surface area contributed by atoms with Crippen LogP contribution in [0.1, 0.15) is 39.5 Å². The number of para-hydroxylation sites is 1. The molecule has 2 heterocycles. The van der Waals surface area contributed by atoms with Crippen LogP contribution in [0.3, 0.4) is 0 Å². The van der Waals surface area contributed by atoms with E-state index >= 15 is 0 Å². The molecule has 10 heteroatoms. The highest BCUT2D eigenvalue weighted by molar-refractivity contribution is 6.08. The van der Waals surface area contributed by atoms with Gasteiger partial charge >= 0.3 is 12.1 Å². The Bertz CT molecular complexity index is 1200. The van der Waals surface area contributed by atoms with E-state index in [9.17, 15) is 13.2 Å². The molecule has 0 radical (unpaired) electrons. The van der Waals surface area contributed by atoms with Gasteiger partial charge in [0.1, 0.15) is 0 Å². The lowest BCUT2D eigenvalue weighted by molar-refractivity contribution is -0.192. The molecular weight excluding hydrogens is 487 g/mol. The van der Waals surface area contributed by atoms with Crippen molar-refractivity contribution < 1.29 is 32.5 Å². The fraction of sp³-hybridized carbons (Fsp3) is 0.481. The van der Waals surface area contributed by atoms with E-state index in [0.29, 0.717) is 12.6 Å². The van der Waals surface area contributed by atoms with Crippen LogP contribution in [0, 0.1) is 0 Å². The molecule has 1 aromatic heterocycles. The van der Waals surface area contributed by atoms with Gasteiger partial charge in [0.25, 0.3) is 0 Å². The van der Waals surface area contributed by atoms with Crippen molar-refractivity contribution in [2.24, 2.45) is 0 Å². The van der Waals surface area contributed by atoms with E-state index in [2.05, 4.69) is 48.3 Å². The molecule has 1 saturated heterocycles. The molecule has 2 aromatic carbocycles. The van der Waals surface area contributed by atoms with Crippen LogP contribution in [0.2, 0.25) is 0 Å². The van der Waals surface area contributed by atoms with Crippen LogP contribution in [-0.2, 0) is 4.79 Å². The highest BCUT2D eigenvalue weighted by Gasteiger charge is 2.38. The number of ether oxygens (including phenoxy) is 2. The third kappa shape index (κ3) is 7.61. The van der Waals surface area contributed by atoms with Crippen molar-refractivity contribution in [3.8, 4) is 11.5 Å². The lowest BCUT2D eigenvalue weighted by atomic mass is 10.1. The molecule has 0 aliphatic carbocycles. The number of likely N-dealkylation sites (tertiary alicyclic amines) is 1. The summed E-state index contributed by atoms with van der Waals surface area (Å²) in [5.74, 6) is -1.23. The average molecular weight is 522 g/mol. The zero-order valence-corrected chi connectivity index (χ0v) is 21.4. The summed E-state index contributed by atoms with van der Waals surface area (Å²) in [6, 6.07) is 12.7. The van der Waals surface area contributed by atoms with Crippen molar-refractivity contribution in [1.82, 2.24) is 9.88 Å². The first kappa shape index (κ1) is 28.3. The number of aromatic nitrogens is 1. The van der Waals surface area contributed by atoms with Crippen LogP contribution in [0.4, 0.5) is 18.9 Å². The Balaban J connectivity index is 0.000000479. The van der Waals surface area contributed by atoms with Crippen LogP contribution < -0.4 is 14.8 Å². The summed E-state index contributed by atoms with van der Waals surface area (Å²) in [6.45, 7) is 8.63. The summed E-state index contributed by atoms with van der Waals surface area (Å²) < 4.78 is 43.6. The van der Waals surface area contributed by atoms with Gasteiger partial charge in [-0.25, -0.2) is 9.78 Å². The molecule has 0 saturated carbocycles. The van der Waals surface area contributed by atoms with Crippen LogP contribution in [-0.4, -0.2) is 66.5 Å². The van der Waals surface area contributed by atoms with Gasteiger partial charge in [-0.15, -0.1) is 0 Å². The van der Waals surface area contributed by atoms with Crippen LogP contribution in [0.15, 0.2) is 36.4 Å². The number of rotatable bonds is 9. The van der Waals surface area contributed by atoms with Gasteiger partial charge in [-0.2, -0.15) is 13.2 Å². The predicted molar refractivity (Wildman–Crippen MR) is 139 cm³/mol. The predicted octanol–water partition coefficient (Wildman–Crippen LogP) is 6.11. The zero-order chi connectivity index (χ0) is 27.0. The maximum absolute atomic E-state index is 10.6. The number of nitrogens with one attached hydrogen (secondary N) is 1. The fourth-order valence-electron chi connectivity index (χ4n) is 4.15. The number of benzene rings is 2. The maximum Gasteiger partial charge on any atom is 0.490 e. The van der Waals surface area contributed by atoms with E-state index in [0.717, 1.165) is 58.4 Å². The van der Waals surface area contributed by atoms with E-state index in [1.807, 2.05) is 12.1 Å². The standard InChI is InChI=1S/C25H33N3O2.C2HF3O2/c1-4-18(2)26-25-19-10-5-6-11-21(19)27-22-17-24(23(29-3)16-20(22)25)30-15-9-14-28-12-7-8-13-28;3-2(4,5)1(6)7/h5-6,10-11,16-18H,4,7-9,12-15H2,1-3H3,(H,26,27);(H,6,7). The molecule has 0 spiro atoms. The second kappa shape index (κ2) is 12.8. The number of fused-ring (bicyclic) bond motifs is 2. The van der Waals surface area contributed by atoms with Gasteiger partial charge in [-0.05, 0) is 57.8 Å². The molecule has 1 unspecified atom stereocenters. The molecule has 202 valence electrons. The van der Waals surface area contributed by atoms with E-state index in [1.54, 1.807) is 7.11 Å². The van der Waals surface area contributed by atoms with Crippen LogP contribution in [0.5, 0.6) is 11.5 Å². The van der Waals surface area contributed by atoms with Crippen molar-refractivity contribution >= 4 is 33.5 Å². The first-order valence-electron chi connectivity index (χ1n) is 12.5. The summed E-state index contributed by atoms with van der Waals surface area (Å²) in [7, 11) is 1.70. The smallest absolute Gasteiger partial charge is 0.490 e. The van der Waals surface area contributed by atoms with Gasteiger partial charge in [0, 0.05) is 29.4 Å². The Hall–Kier alpha value is -3.27. The number of carbonyl (C=O) groups is 1. The maximum atomic E-state index is 10.6. The molecule has 37 heavy (non-hydrogen) atoms. The summed E-state index contributed by atoms with van der Waals surface area (Å²) >= 11 is 0. The number of alkyl halides is 3. The van der Waals surface area contributed by atoms with Gasteiger partial charge in [0.2, 0.25) is 0 Å². The van der Waals surface area contributed by atoms with Crippen molar-refractivity contribution in [2.75, 3.05) is 38.7 Å². The number of halogens is 3. The highest BCUT2D eigenvalue weighted by Crippen LogP contribution is 2.38. The highest BCUT2D eigenvalue weighted by atomic mass is 19.4. The van der Waals surface area contributed by atoms with Gasteiger partial charge in [0.15, 0.2) is 11.5 Å². The Morgan fingerprint density at radius 3 is 2.43 bits per heavy atom. The van der Waals surface area contributed by atoms with Gasteiger partial charge < -0.3 is 24.8 Å². The minimum Gasteiger partial charge on any atom is -0.493 e. The van der Waals surface area contributed by atoms with Crippen molar-refractivity contribution in [3.05, 3.63) is 36.4 Å². The number of hydrogen-bond donors (Lipinski definition) is 2. The molecule has 1 aliphatic rings. The van der Waals surface area contributed by atoms with Crippen LogP contribution in [0.25, 0.3) is 21.8 Å². The first-order valence-corrected chi connectivity index (χ1v) is 12.5. The minimum absolute atomic E-state index is 0.367. The zero-order valence-electron chi connectivity index (χ0n) is 21.4. The van der Waals surface area contributed by atoms with E-state index in [-0.39, 0.29) is 0 Å². The number of nitrogens with zero attached hydrogens (tertiary/aromatic N) is 2. The van der Waals surface area contributed by atoms with Crippen molar-refractivity contribution in [3.63, 3.8) is 0 Å². The van der Waals surface area contributed by atoms with Crippen molar-refractivity contribution in [1.29, 1.82) is 0 Å². The monoisotopic (exact) mass is 521 g/mol. The summed E-state index contributed by atoms with van der Waals surface area (Å²) in [5, 5.41) is 13.0. The number of carboxylic acid groups (broad SMARTS) is 1. The lowest BCUT2D eigenvalue weighted by Crippen LogP contribution is -2.21. The fourth-order valence-corrected chi connectivity index (χ4v) is 4.15.